The molecule has 0 saturated carbocycles. The number of benzene rings is 1. The first-order valence-electron chi connectivity index (χ1n) is 8.23. The second-order valence-corrected chi connectivity index (χ2v) is 8.41. The minimum absolute atomic E-state index is 0.0874. The van der Waals surface area contributed by atoms with E-state index >= 15 is 0 Å². The molecule has 0 bridgehead atoms. The Morgan fingerprint density at radius 1 is 1.36 bits per heavy atom. The van der Waals surface area contributed by atoms with Crippen LogP contribution in [0.1, 0.15) is 19.4 Å². The van der Waals surface area contributed by atoms with Gasteiger partial charge in [0.05, 0.1) is 18.0 Å². The van der Waals surface area contributed by atoms with E-state index in [0.29, 0.717) is 18.8 Å². The number of rotatable bonds is 5. The third-order valence-corrected chi connectivity index (χ3v) is 5.72. The molecule has 0 aliphatic carbocycles. The average Bonchev–Trinajstić information content (AvgIpc) is 2.99. The summed E-state index contributed by atoms with van der Waals surface area (Å²) in [6.07, 6.45) is 0.175. The van der Waals surface area contributed by atoms with E-state index in [2.05, 4.69) is 21.6 Å². The van der Waals surface area contributed by atoms with Gasteiger partial charge in [0.25, 0.3) is 0 Å². The van der Waals surface area contributed by atoms with Gasteiger partial charge >= 0.3 is 0 Å². The largest absolute Gasteiger partial charge is 0.372 e. The van der Waals surface area contributed by atoms with Crippen molar-refractivity contribution in [1.29, 1.82) is 0 Å². The van der Waals surface area contributed by atoms with E-state index in [1.54, 1.807) is 0 Å². The standard InChI is InChI=1S/C17H22N4O2S2/c1-11-5-4-6-14(7-11)18-16-19-20-17(25-16)24-10-15(22)21-8-12(2)23-13(3)9-21/h4-7,12-13H,8-10H2,1-3H3,(H,18,19). The highest BCUT2D eigenvalue weighted by Gasteiger charge is 2.25. The Bertz CT molecular complexity index is 727. The van der Waals surface area contributed by atoms with Crippen molar-refractivity contribution in [2.75, 3.05) is 24.2 Å². The smallest absolute Gasteiger partial charge is 0.233 e. The Labute approximate surface area is 156 Å². The van der Waals surface area contributed by atoms with Gasteiger partial charge in [0.15, 0.2) is 4.34 Å². The second kappa shape index (κ2) is 8.16. The van der Waals surface area contributed by atoms with Crippen LogP contribution in [-0.2, 0) is 9.53 Å². The number of carbonyl (C=O) groups is 1. The van der Waals surface area contributed by atoms with Crippen molar-refractivity contribution >= 4 is 39.8 Å². The highest BCUT2D eigenvalue weighted by atomic mass is 32.2. The number of anilines is 2. The van der Waals surface area contributed by atoms with Gasteiger partial charge in [-0.3, -0.25) is 4.79 Å². The molecule has 1 N–H and O–H groups in total. The number of morpholine rings is 1. The third-order valence-electron chi connectivity index (χ3n) is 3.77. The topological polar surface area (TPSA) is 67.4 Å². The van der Waals surface area contributed by atoms with Gasteiger partial charge in [0.2, 0.25) is 11.0 Å². The molecule has 1 saturated heterocycles. The fourth-order valence-corrected chi connectivity index (χ4v) is 4.44. The first kappa shape index (κ1) is 18.2. The van der Waals surface area contributed by atoms with Crippen LogP contribution in [0.25, 0.3) is 0 Å². The predicted molar refractivity (Wildman–Crippen MR) is 102 cm³/mol. The van der Waals surface area contributed by atoms with Gasteiger partial charge in [0.1, 0.15) is 0 Å². The quantitative estimate of drug-likeness (QED) is 0.805. The number of amides is 1. The predicted octanol–water partition coefficient (Wildman–Crippen LogP) is 3.32. The number of aryl methyl sites for hydroxylation is 1. The highest BCUT2D eigenvalue weighted by molar-refractivity contribution is 8.01. The maximum atomic E-state index is 12.4. The van der Waals surface area contributed by atoms with E-state index < -0.39 is 0 Å². The van der Waals surface area contributed by atoms with Gasteiger partial charge in [-0.05, 0) is 38.5 Å². The molecular formula is C17H22N4O2S2. The van der Waals surface area contributed by atoms with Crippen molar-refractivity contribution < 1.29 is 9.53 Å². The molecule has 3 rings (SSSR count). The fourth-order valence-electron chi connectivity index (χ4n) is 2.76. The molecule has 134 valence electrons. The van der Waals surface area contributed by atoms with E-state index in [1.165, 1.54) is 28.7 Å². The number of hydrogen-bond donors (Lipinski definition) is 1. The van der Waals surface area contributed by atoms with Crippen molar-refractivity contribution in [2.24, 2.45) is 0 Å². The van der Waals surface area contributed by atoms with Gasteiger partial charge in [-0.25, -0.2) is 0 Å². The van der Waals surface area contributed by atoms with Crippen molar-refractivity contribution in [3.8, 4) is 0 Å². The zero-order valence-electron chi connectivity index (χ0n) is 14.6. The van der Waals surface area contributed by atoms with Crippen molar-refractivity contribution in [3.63, 3.8) is 0 Å². The molecule has 0 radical (unpaired) electrons. The molecule has 6 nitrogen and oxygen atoms in total. The maximum absolute atomic E-state index is 12.4. The lowest BCUT2D eigenvalue weighted by atomic mass is 10.2. The van der Waals surface area contributed by atoms with Crippen LogP contribution in [0, 0.1) is 6.92 Å². The van der Waals surface area contributed by atoms with Crippen LogP contribution in [0.2, 0.25) is 0 Å². The summed E-state index contributed by atoms with van der Waals surface area (Å²) < 4.78 is 6.46. The SMILES string of the molecule is Cc1cccc(Nc2nnc(SCC(=O)N3CC(C)OC(C)C3)s2)c1. The monoisotopic (exact) mass is 378 g/mol. The van der Waals surface area contributed by atoms with Gasteiger partial charge < -0.3 is 15.0 Å². The molecule has 1 aromatic carbocycles. The Hall–Kier alpha value is -1.64. The van der Waals surface area contributed by atoms with E-state index in [1.807, 2.05) is 43.9 Å². The second-order valence-electron chi connectivity index (χ2n) is 6.21. The van der Waals surface area contributed by atoms with Crippen molar-refractivity contribution in [3.05, 3.63) is 29.8 Å². The molecule has 1 amide bonds. The van der Waals surface area contributed by atoms with Crippen LogP contribution in [0.4, 0.5) is 10.8 Å². The minimum Gasteiger partial charge on any atom is -0.372 e. The Balaban J connectivity index is 1.52. The van der Waals surface area contributed by atoms with Gasteiger partial charge in [0, 0.05) is 18.8 Å². The summed E-state index contributed by atoms with van der Waals surface area (Å²) >= 11 is 2.89. The van der Waals surface area contributed by atoms with Crippen LogP contribution < -0.4 is 5.32 Å². The van der Waals surface area contributed by atoms with Crippen molar-refractivity contribution in [1.82, 2.24) is 15.1 Å². The molecule has 1 aliphatic rings. The van der Waals surface area contributed by atoms with E-state index in [0.717, 1.165) is 15.2 Å². The zero-order valence-corrected chi connectivity index (χ0v) is 16.2. The van der Waals surface area contributed by atoms with Crippen LogP contribution in [-0.4, -0.2) is 52.1 Å². The first-order valence-corrected chi connectivity index (χ1v) is 10.0. The van der Waals surface area contributed by atoms with E-state index in [9.17, 15) is 4.79 Å². The minimum atomic E-state index is 0.0874. The number of thioether (sulfide) groups is 1. The molecule has 8 heteroatoms. The Kier molecular flexibility index (Phi) is 5.93. The third kappa shape index (κ3) is 5.17. The maximum Gasteiger partial charge on any atom is 0.233 e. The summed E-state index contributed by atoms with van der Waals surface area (Å²) in [4.78, 5) is 14.3. The number of nitrogens with zero attached hydrogens (tertiary/aromatic N) is 3. The molecule has 1 fully saturated rings. The Morgan fingerprint density at radius 2 is 2.12 bits per heavy atom. The lowest BCUT2D eigenvalue weighted by Crippen LogP contribution is -2.48. The molecule has 2 aromatic rings. The lowest BCUT2D eigenvalue weighted by Gasteiger charge is -2.35. The summed E-state index contributed by atoms with van der Waals surface area (Å²) in [7, 11) is 0. The number of carbonyl (C=O) groups excluding carboxylic acids is 1. The summed E-state index contributed by atoms with van der Waals surface area (Å²) in [6.45, 7) is 7.35. The molecule has 25 heavy (non-hydrogen) atoms. The number of hydrogen-bond acceptors (Lipinski definition) is 7. The summed E-state index contributed by atoms with van der Waals surface area (Å²) in [6, 6.07) is 8.09. The van der Waals surface area contributed by atoms with Crippen LogP contribution in [0.15, 0.2) is 28.6 Å². The van der Waals surface area contributed by atoms with Gasteiger partial charge in [-0.2, -0.15) is 0 Å². The molecule has 2 heterocycles. The Morgan fingerprint density at radius 3 is 2.84 bits per heavy atom. The molecule has 1 aromatic heterocycles. The molecule has 0 spiro atoms. The molecule has 2 unspecified atom stereocenters. The summed E-state index contributed by atoms with van der Waals surface area (Å²) in [5, 5.41) is 12.3. The summed E-state index contributed by atoms with van der Waals surface area (Å²) in [5.41, 5.74) is 2.17. The first-order chi connectivity index (χ1) is 12.0. The number of ether oxygens (including phenoxy) is 1. The molecular weight excluding hydrogens is 356 g/mol. The number of aromatic nitrogens is 2. The van der Waals surface area contributed by atoms with Gasteiger partial charge in [-0.1, -0.05) is 35.2 Å². The van der Waals surface area contributed by atoms with Crippen LogP contribution >= 0.6 is 23.1 Å². The fraction of sp³-hybridized carbons (Fsp3) is 0.471. The van der Waals surface area contributed by atoms with Crippen molar-refractivity contribution in [2.45, 2.75) is 37.3 Å². The normalized spacial score (nSPS) is 20.5. The molecule has 1 aliphatic heterocycles. The highest BCUT2D eigenvalue weighted by Crippen LogP contribution is 2.28. The molecule has 2 atom stereocenters. The summed E-state index contributed by atoms with van der Waals surface area (Å²) in [5.74, 6) is 0.494. The van der Waals surface area contributed by atoms with E-state index in [4.69, 9.17) is 4.74 Å². The van der Waals surface area contributed by atoms with Crippen LogP contribution in [0.5, 0.6) is 0 Å². The van der Waals surface area contributed by atoms with Crippen LogP contribution in [0.3, 0.4) is 0 Å². The number of nitrogens with one attached hydrogen (secondary N) is 1. The zero-order chi connectivity index (χ0) is 17.8. The average molecular weight is 379 g/mol. The van der Waals surface area contributed by atoms with E-state index in [-0.39, 0.29) is 18.1 Å². The van der Waals surface area contributed by atoms with Gasteiger partial charge in [-0.15, -0.1) is 10.2 Å². The lowest BCUT2D eigenvalue weighted by molar-refractivity contribution is -0.140.